The van der Waals surface area contributed by atoms with Crippen molar-refractivity contribution in [2.75, 3.05) is 12.4 Å². The normalized spacial score (nSPS) is 20.8. The van der Waals surface area contributed by atoms with E-state index in [0.29, 0.717) is 22.2 Å². The first-order valence-electron chi connectivity index (χ1n) is 11.4. The number of nitrogens with one attached hydrogen (secondary N) is 4. The van der Waals surface area contributed by atoms with Gasteiger partial charge in [-0.05, 0) is 89.2 Å². The van der Waals surface area contributed by atoms with Crippen LogP contribution in [-0.4, -0.2) is 29.5 Å². The van der Waals surface area contributed by atoms with Crippen molar-refractivity contribution in [3.63, 3.8) is 0 Å². The molecule has 6 nitrogen and oxygen atoms in total. The molecule has 0 unspecified atom stereocenters. The maximum Gasteiger partial charge on any atom is 0.253 e. The minimum absolute atomic E-state index is 0.00282. The number of halogens is 1. The van der Waals surface area contributed by atoms with Gasteiger partial charge in [-0.25, -0.2) is 0 Å². The zero-order chi connectivity index (χ0) is 23.5. The van der Waals surface area contributed by atoms with Gasteiger partial charge in [-0.1, -0.05) is 18.5 Å². The Morgan fingerprint density at radius 3 is 2.47 bits per heavy atom. The first kappa shape index (κ1) is 24.3. The fourth-order valence-electron chi connectivity index (χ4n) is 4.72. The number of amides is 1. The fraction of sp³-hybridized carbons (Fsp3) is 0.520. The van der Waals surface area contributed by atoms with E-state index in [2.05, 4.69) is 27.9 Å². The molecule has 1 amide bonds. The van der Waals surface area contributed by atoms with Gasteiger partial charge in [0.15, 0.2) is 0 Å². The van der Waals surface area contributed by atoms with Gasteiger partial charge in [-0.2, -0.15) is 0 Å². The topological polar surface area (TPSA) is 86.0 Å². The zero-order valence-electron chi connectivity index (χ0n) is 19.7. The molecule has 1 aliphatic carbocycles. The summed E-state index contributed by atoms with van der Waals surface area (Å²) >= 11 is 6.42. The lowest BCUT2D eigenvalue weighted by molar-refractivity contribution is 0.0950. The average molecular weight is 459 g/mol. The van der Waals surface area contributed by atoms with Crippen LogP contribution in [0.2, 0.25) is 5.02 Å². The molecule has 0 aliphatic heterocycles. The van der Waals surface area contributed by atoms with Crippen LogP contribution in [0.1, 0.15) is 71.8 Å². The number of aromatic nitrogens is 1. The van der Waals surface area contributed by atoms with Crippen molar-refractivity contribution in [2.45, 2.75) is 77.9 Å². The quantitative estimate of drug-likeness (QED) is 0.488. The lowest BCUT2D eigenvalue weighted by Gasteiger charge is -2.41. The Balaban J connectivity index is 1.80. The van der Waals surface area contributed by atoms with Crippen molar-refractivity contribution in [1.29, 1.82) is 0 Å². The Bertz CT molecular complexity index is 1040. The summed E-state index contributed by atoms with van der Waals surface area (Å²) in [6.07, 6.45) is 5.38. The number of benzene rings is 1. The highest BCUT2D eigenvalue weighted by Crippen LogP contribution is 2.36. The van der Waals surface area contributed by atoms with Crippen LogP contribution >= 0.6 is 11.6 Å². The van der Waals surface area contributed by atoms with Gasteiger partial charge in [0.1, 0.15) is 0 Å². The molecule has 0 atom stereocenters. The zero-order valence-corrected chi connectivity index (χ0v) is 20.5. The van der Waals surface area contributed by atoms with Crippen molar-refractivity contribution >= 4 is 23.2 Å². The third-order valence-electron chi connectivity index (χ3n) is 6.96. The summed E-state index contributed by atoms with van der Waals surface area (Å²) < 4.78 is 0. The number of carbonyl (C=O) groups is 1. The summed E-state index contributed by atoms with van der Waals surface area (Å²) in [5.74, 6) is -0.239. The highest BCUT2D eigenvalue weighted by molar-refractivity contribution is 6.31. The molecule has 1 saturated carbocycles. The molecule has 0 saturated heterocycles. The predicted octanol–water partition coefficient (Wildman–Crippen LogP) is 4.61. The van der Waals surface area contributed by atoms with Gasteiger partial charge < -0.3 is 20.9 Å². The van der Waals surface area contributed by atoms with Gasteiger partial charge in [0.05, 0.1) is 0 Å². The summed E-state index contributed by atoms with van der Waals surface area (Å²) in [6, 6.07) is 6.07. The second kappa shape index (κ2) is 10.1. The second-order valence-corrected chi connectivity index (χ2v) is 9.51. The average Bonchev–Trinajstić information content (AvgIpc) is 2.75. The molecular weight excluding hydrogens is 424 g/mol. The van der Waals surface area contributed by atoms with Crippen LogP contribution in [0.4, 0.5) is 5.69 Å². The van der Waals surface area contributed by atoms with Gasteiger partial charge in [0.2, 0.25) is 0 Å². The second-order valence-electron chi connectivity index (χ2n) is 9.07. The van der Waals surface area contributed by atoms with Crippen LogP contribution in [0.25, 0.3) is 0 Å². The van der Waals surface area contributed by atoms with Crippen LogP contribution in [0.5, 0.6) is 0 Å². The Morgan fingerprint density at radius 1 is 1.19 bits per heavy atom. The van der Waals surface area contributed by atoms with Crippen LogP contribution < -0.4 is 21.5 Å². The predicted molar refractivity (Wildman–Crippen MR) is 132 cm³/mol. The van der Waals surface area contributed by atoms with Crippen LogP contribution in [0.15, 0.2) is 23.0 Å². The van der Waals surface area contributed by atoms with Crippen molar-refractivity contribution in [3.8, 4) is 0 Å². The van der Waals surface area contributed by atoms with E-state index in [4.69, 9.17) is 11.6 Å². The molecular formula is C25H35ClN4O2. The molecule has 3 rings (SSSR count). The molecule has 1 aliphatic rings. The SMILES string of the molecule is CC[C@]1(Nc2cc(Cl)cc(C(=O)NCc3c(C)cc(C)[nH]c3=O)c2C)CC[C@H](NC)CC1. The first-order chi connectivity index (χ1) is 15.2. The fourth-order valence-corrected chi connectivity index (χ4v) is 4.94. The summed E-state index contributed by atoms with van der Waals surface area (Å²) in [4.78, 5) is 28.1. The number of carbonyl (C=O) groups excluding carboxylic acids is 1. The van der Waals surface area contributed by atoms with E-state index in [1.54, 1.807) is 6.07 Å². The maximum absolute atomic E-state index is 13.0. The van der Waals surface area contributed by atoms with Gasteiger partial charge in [-0.3, -0.25) is 9.59 Å². The Kier molecular flexibility index (Phi) is 7.67. The van der Waals surface area contributed by atoms with Crippen molar-refractivity contribution in [1.82, 2.24) is 15.6 Å². The molecule has 2 aromatic rings. The number of aromatic amines is 1. The molecule has 1 aromatic heterocycles. The molecule has 1 heterocycles. The summed E-state index contributed by atoms with van der Waals surface area (Å²) in [7, 11) is 2.02. The minimum atomic E-state index is -0.239. The van der Waals surface area contributed by atoms with Crippen LogP contribution in [0.3, 0.4) is 0 Å². The molecule has 0 spiro atoms. The van der Waals surface area contributed by atoms with E-state index in [1.165, 1.54) is 0 Å². The minimum Gasteiger partial charge on any atom is -0.379 e. The third kappa shape index (κ3) is 5.36. The van der Waals surface area contributed by atoms with E-state index in [-0.39, 0.29) is 23.6 Å². The molecule has 174 valence electrons. The van der Waals surface area contributed by atoms with Gasteiger partial charge in [-0.15, -0.1) is 0 Å². The van der Waals surface area contributed by atoms with Gasteiger partial charge in [0.25, 0.3) is 11.5 Å². The lowest BCUT2D eigenvalue weighted by Crippen LogP contribution is -2.45. The Hall–Kier alpha value is -2.31. The maximum atomic E-state index is 13.0. The smallest absolute Gasteiger partial charge is 0.253 e. The summed E-state index contributed by atoms with van der Waals surface area (Å²) in [5, 5.41) is 10.5. The van der Waals surface area contributed by atoms with E-state index >= 15 is 0 Å². The molecule has 0 bridgehead atoms. The highest BCUT2D eigenvalue weighted by Gasteiger charge is 2.34. The van der Waals surface area contributed by atoms with Crippen LogP contribution in [0, 0.1) is 20.8 Å². The standard InChI is InChI=1S/C25H35ClN4O2/c1-6-25(9-7-19(27-5)8-10-25)30-22-13-18(26)12-20(17(22)4)23(31)28-14-21-15(2)11-16(3)29-24(21)32/h11-13,19,27,30H,6-10,14H2,1-5H3,(H,28,31)(H,29,32)/t19-,25-. The van der Waals surface area contributed by atoms with Gasteiger partial charge >= 0.3 is 0 Å². The molecule has 1 fully saturated rings. The third-order valence-corrected chi connectivity index (χ3v) is 7.18. The lowest BCUT2D eigenvalue weighted by atomic mass is 9.77. The Morgan fingerprint density at radius 2 is 1.88 bits per heavy atom. The Labute approximate surface area is 195 Å². The van der Waals surface area contributed by atoms with E-state index < -0.39 is 0 Å². The van der Waals surface area contributed by atoms with E-state index in [9.17, 15) is 9.59 Å². The molecule has 4 N–H and O–H groups in total. The number of hydrogen-bond donors (Lipinski definition) is 4. The molecule has 0 radical (unpaired) electrons. The number of H-pyrrole nitrogens is 1. The summed E-state index contributed by atoms with van der Waals surface area (Å²) in [6.45, 7) is 8.04. The number of hydrogen-bond acceptors (Lipinski definition) is 4. The number of anilines is 1. The first-order valence-corrected chi connectivity index (χ1v) is 11.8. The number of rotatable bonds is 7. The molecule has 32 heavy (non-hydrogen) atoms. The van der Waals surface area contributed by atoms with E-state index in [0.717, 1.165) is 54.6 Å². The van der Waals surface area contributed by atoms with Crippen molar-refractivity contribution in [2.24, 2.45) is 0 Å². The van der Waals surface area contributed by atoms with Crippen molar-refractivity contribution in [3.05, 3.63) is 61.5 Å². The van der Waals surface area contributed by atoms with Crippen molar-refractivity contribution < 1.29 is 4.79 Å². The van der Waals surface area contributed by atoms with Crippen LogP contribution in [-0.2, 0) is 6.54 Å². The van der Waals surface area contributed by atoms with E-state index in [1.807, 2.05) is 40.0 Å². The highest BCUT2D eigenvalue weighted by atomic mass is 35.5. The number of pyridine rings is 1. The largest absolute Gasteiger partial charge is 0.379 e. The summed E-state index contributed by atoms with van der Waals surface area (Å²) in [5.41, 5.74) is 4.35. The van der Waals surface area contributed by atoms with Gasteiger partial charge in [0, 0.05) is 45.7 Å². The number of aryl methyl sites for hydroxylation is 2. The molecule has 7 heteroatoms. The monoisotopic (exact) mass is 458 g/mol. The molecule has 1 aromatic carbocycles.